The maximum atomic E-state index is 6.12. The van der Waals surface area contributed by atoms with Crippen LogP contribution in [-0.2, 0) is 11.2 Å². The first kappa shape index (κ1) is 14.7. The second-order valence-corrected chi connectivity index (χ2v) is 4.64. The zero-order valence-electron chi connectivity index (χ0n) is 12.0. The van der Waals surface area contributed by atoms with E-state index in [2.05, 4.69) is 10.1 Å². The Hall–Kier alpha value is -1.72. The van der Waals surface area contributed by atoms with Crippen LogP contribution in [0.4, 0.5) is 0 Å². The SMILES string of the molecule is CCOC(CC)c1noc([C@@H](N)Cc2ccccc2)n1. The van der Waals surface area contributed by atoms with Gasteiger partial charge in [0.1, 0.15) is 6.10 Å². The van der Waals surface area contributed by atoms with Crippen LogP contribution in [0.3, 0.4) is 0 Å². The van der Waals surface area contributed by atoms with Crippen molar-refractivity contribution in [1.82, 2.24) is 10.1 Å². The highest BCUT2D eigenvalue weighted by molar-refractivity contribution is 5.16. The Kier molecular flexibility index (Phi) is 5.26. The van der Waals surface area contributed by atoms with Crippen molar-refractivity contribution in [3.8, 4) is 0 Å². The van der Waals surface area contributed by atoms with Crippen molar-refractivity contribution >= 4 is 0 Å². The molecule has 2 rings (SSSR count). The van der Waals surface area contributed by atoms with Crippen molar-refractivity contribution in [2.24, 2.45) is 5.73 Å². The van der Waals surface area contributed by atoms with Crippen LogP contribution in [0.1, 0.15) is 49.7 Å². The number of hydrogen-bond acceptors (Lipinski definition) is 5. The third kappa shape index (κ3) is 3.65. The monoisotopic (exact) mass is 275 g/mol. The summed E-state index contributed by atoms with van der Waals surface area (Å²) in [5.41, 5.74) is 7.27. The average Bonchev–Trinajstić information content (AvgIpc) is 2.95. The third-order valence-electron chi connectivity index (χ3n) is 3.10. The molecule has 0 spiro atoms. The summed E-state index contributed by atoms with van der Waals surface area (Å²) in [6, 6.07) is 9.73. The van der Waals surface area contributed by atoms with E-state index in [-0.39, 0.29) is 12.1 Å². The van der Waals surface area contributed by atoms with Crippen LogP contribution in [0.25, 0.3) is 0 Å². The van der Waals surface area contributed by atoms with Crippen molar-refractivity contribution in [1.29, 1.82) is 0 Å². The van der Waals surface area contributed by atoms with Gasteiger partial charge in [0.2, 0.25) is 11.7 Å². The quantitative estimate of drug-likeness (QED) is 0.841. The largest absolute Gasteiger partial charge is 0.370 e. The summed E-state index contributed by atoms with van der Waals surface area (Å²) >= 11 is 0. The van der Waals surface area contributed by atoms with Gasteiger partial charge in [-0.3, -0.25) is 0 Å². The number of benzene rings is 1. The number of nitrogens with two attached hydrogens (primary N) is 1. The fourth-order valence-electron chi connectivity index (χ4n) is 2.06. The molecule has 0 aliphatic carbocycles. The number of aromatic nitrogens is 2. The van der Waals surface area contributed by atoms with E-state index in [1.165, 1.54) is 0 Å². The molecule has 2 N–H and O–H groups in total. The van der Waals surface area contributed by atoms with Gasteiger partial charge < -0.3 is 15.0 Å². The average molecular weight is 275 g/mol. The van der Waals surface area contributed by atoms with Gasteiger partial charge in [-0.25, -0.2) is 0 Å². The summed E-state index contributed by atoms with van der Waals surface area (Å²) in [7, 11) is 0. The highest BCUT2D eigenvalue weighted by atomic mass is 16.5. The minimum absolute atomic E-state index is 0.124. The smallest absolute Gasteiger partial charge is 0.243 e. The van der Waals surface area contributed by atoms with Crippen LogP contribution in [0, 0.1) is 0 Å². The van der Waals surface area contributed by atoms with Gasteiger partial charge >= 0.3 is 0 Å². The molecular weight excluding hydrogens is 254 g/mol. The lowest BCUT2D eigenvalue weighted by Gasteiger charge is -2.09. The topological polar surface area (TPSA) is 74.2 Å². The lowest BCUT2D eigenvalue weighted by Crippen LogP contribution is -2.14. The summed E-state index contributed by atoms with van der Waals surface area (Å²) in [6.45, 7) is 4.60. The Labute approximate surface area is 119 Å². The van der Waals surface area contributed by atoms with E-state index >= 15 is 0 Å². The van der Waals surface area contributed by atoms with Gasteiger partial charge in [0.05, 0.1) is 6.04 Å². The number of nitrogens with zero attached hydrogens (tertiary/aromatic N) is 2. The molecule has 0 bridgehead atoms. The van der Waals surface area contributed by atoms with Gasteiger partial charge in [0.25, 0.3) is 0 Å². The lowest BCUT2D eigenvalue weighted by molar-refractivity contribution is 0.0518. The molecule has 5 nitrogen and oxygen atoms in total. The molecule has 0 saturated carbocycles. The summed E-state index contributed by atoms with van der Waals surface area (Å²) in [5.74, 6) is 1.04. The number of hydrogen-bond donors (Lipinski definition) is 1. The molecule has 2 atom stereocenters. The Balaban J connectivity index is 2.04. The highest BCUT2D eigenvalue weighted by Gasteiger charge is 2.20. The standard InChI is InChI=1S/C15H21N3O2/c1-3-13(19-4-2)14-17-15(20-18-14)12(16)10-11-8-6-5-7-9-11/h5-9,12-13H,3-4,10,16H2,1-2H3/t12-,13?/m0/s1. The minimum atomic E-state index is -0.294. The maximum Gasteiger partial charge on any atom is 0.243 e. The normalized spacial score (nSPS) is 14.2. The minimum Gasteiger partial charge on any atom is -0.370 e. The van der Waals surface area contributed by atoms with Crippen molar-refractivity contribution < 1.29 is 9.26 Å². The van der Waals surface area contributed by atoms with Crippen LogP contribution in [0.5, 0.6) is 0 Å². The molecule has 20 heavy (non-hydrogen) atoms. The third-order valence-corrected chi connectivity index (χ3v) is 3.10. The number of rotatable bonds is 7. The van der Waals surface area contributed by atoms with Gasteiger partial charge in [-0.1, -0.05) is 42.4 Å². The Morgan fingerprint density at radius 3 is 2.65 bits per heavy atom. The molecule has 2 aromatic rings. The molecule has 0 aliphatic rings. The van der Waals surface area contributed by atoms with E-state index in [1.807, 2.05) is 44.2 Å². The van der Waals surface area contributed by atoms with Crippen LogP contribution in [0.15, 0.2) is 34.9 Å². The first-order chi connectivity index (χ1) is 9.74. The molecule has 1 heterocycles. The van der Waals surface area contributed by atoms with E-state index in [0.717, 1.165) is 12.0 Å². The summed E-state index contributed by atoms with van der Waals surface area (Å²) in [5, 5.41) is 3.98. The first-order valence-corrected chi connectivity index (χ1v) is 6.99. The van der Waals surface area contributed by atoms with Crippen molar-refractivity contribution in [2.75, 3.05) is 6.61 Å². The highest BCUT2D eigenvalue weighted by Crippen LogP contribution is 2.20. The summed E-state index contributed by atoms with van der Waals surface area (Å²) in [6.07, 6.45) is 1.36. The van der Waals surface area contributed by atoms with Crippen LogP contribution in [-0.4, -0.2) is 16.7 Å². The molecule has 1 unspecified atom stereocenters. The Bertz CT molecular complexity index is 513. The molecule has 1 aromatic carbocycles. The fraction of sp³-hybridized carbons (Fsp3) is 0.467. The van der Waals surface area contributed by atoms with Gasteiger partial charge in [-0.15, -0.1) is 0 Å². The van der Waals surface area contributed by atoms with Crippen LogP contribution >= 0.6 is 0 Å². The predicted molar refractivity (Wildman–Crippen MR) is 76.0 cm³/mol. The zero-order chi connectivity index (χ0) is 14.4. The molecule has 108 valence electrons. The first-order valence-electron chi connectivity index (χ1n) is 6.99. The van der Waals surface area contributed by atoms with E-state index in [1.54, 1.807) is 0 Å². The Morgan fingerprint density at radius 2 is 2.00 bits per heavy atom. The van der Waals surface area contributed by atoms with Crippen LogP contribution in [0.2, 0.25) is 0 Å². The van der Waals surface area contributed by atoms with Crippen molar-refractivity contribution in [3.05, 3.63) is 47.6 Å². The van der Waals surface area contributed by atoms with Gasteiger partial charge in [0.15, 0.2) is 0 Å². The molecular formula is C15H21N3O2. The van der Waals surface area contributed by atoms with Crippen molar-refractivity contribution in [2.45, 2.75) is 38.8 Å². The van der Waals surface area contributed by atoms with Gasteiger partial charge in [-0.2, -0.15) is 4.98 Å². The van der Waals surface area contributed by atoms with E-state index in [9.17, 15) is 0 Å². The van der Waals surface area contributed by atoms with E-state index < -0.39 is 0 Å². The molecule has 0 saturated heterocycles. The number of ether oxygens (including phenoxy) is 1. The van der Waals surface area contributed by atoms with Crippen molar-refractivity contribution in [3.63, 3.8) is 0 Å². The second-order valence-electron chi connectivity index (χ2n) is 4.64. The summed E-state index contributed by atoms with van der Waals surface area (Å²) in [4.78, 5) is 4.37. The molecule has 5 heteroatoms. The van der Waals surface area contributed by atoms with E-state index in [0.29, 0.717) is 24.7 Å². The summed E-state index contributed by atoms with van der Waals surface area (Å²) < 4.78 is 10.8. The predicted octanol–water partition coefficient (Wildman–Crippen LogP) is 2.80. The van der Waals surface area contributed by atoms with Crippen LogP contribution < -0.4 is 5.73 Å². The molecule has 0 amide bonds. The van der Waals surface area contributed by atoms with Gasteiger partial charge in [0, 0.05) is 6.61 Å². The van der Waals surface area contributed by atoms with E-state index in [4.69, 9.17) is 15.0 Å². The lowest BCUT2D eigenvalue weighted by atomic mass is 10.1. The Morgan fingerprint density at radius 1 is 1.25 bits per heavy atom. The zero-order valence-corrected chi connectivity index (χ0v) is 12.0. The molecule has 1 aromatic heterocycles. The molecule has 0 aliphatic heterocycles. The molecule has 0 radical (unpaired) electrons. The van der Waals surface area contributed by atoms with Gasteiger partial charge in [-0.05, 0) is 25.3 Å². The molecule has 0 fully saturated rings. The second kappa shape index (κ2) is 7.17. The fourth-order valence-corrected chi connectivity index (χ4v) is 2.06. The maximum absolute atomic E-state index is 6.12.